The quantitative estimate of drug-likeness (QED) is 0.940. The Labute approximate surface area is 106 Å². The third-order valence-electron chi connectivity index (χ3n) is 2.12. The maximum atomic E-state index is 10.6. The van der Waals surface area contributed by atoms with Crippen LogP contribution in [-0.4, -0.2) is 11.1 Å². The minimum Gasteiger partial charge on any atom is -0.475 e. The Morgan fingerprint density at radius 3 is 2.71 bits per heavy atom. The first-order valence-corrected chi connectivity index (χ1v) is 5.65. The molecule has 1 N–H and O–H groups in total. The molecule has 0 fully saturated rings. The number of furan rings is 1. The molecule has 0 saturated carbocycles. The van der Waals surface area contributed by atoms with Crippen LogP contribution in [0.1, 0.15) is 16.1 Å². The van der Waals surface area contributed by atoms with Gasteiger partial charge < -0.3 is 14.3 Å². The monoisotopic (exact) mass is 296 g/mol. The molecule has 0 saturated heterocycles. The van der Waals surface area contributed by atoms with Crippen LogP contribution < -0.4 is 4.74 Å². The van der Waals surface area contributed by atoms with Gasteiger partial charge in [-0.05, 0) is 12.1 Å². The first-order chi connectivity index (χ1) is 8.16. The van der Waals surface area contributed by atoms with Crippen molar-refractivity contribution in [2.45, 2.75) is 6.61 Å². The molecule has 0 unspecified atom stereocenters. The molecular formula is C12H9BrO4. The zero-order valence-corrected chi connectivity index (χ0v) is 10.3. The summed E-state index contributed by atoms with van der Waals surface area (Å²) in [5.41, 5.74) is 0.959. The number of hydrogen-bond acceptors (Lipinski definition) is 3. The summed E-state index contributed by atoms with van der Waals surface area (Å²) in [5.74, 6) is -1.05. The summed E-state index contributed by atoms with van der Waals surface area (Å²) < 4.78 is 11.2. The Balaban J connectivity index is 2.02. The Bertz CT molecular complexity index is 533. The minimum absolute atomic E-state index is 0.132. The van der Waals surface area contributed by atoms with Crippen LogP contribution in [0.3, 0.4) is 0 Å². The molecule has 1 heterocycles. The van der Waals surface area contributed by atoms with E-state index in [-0.39, 0.29) is 11.7 Å². The fraction of sp³-hybridized carbons (Fsp3) is 0.0833. The average molecular weight is 297 g/mol. The first kappa shape index (κ1) is 11.7. The van der Waals surface area contributed by atoms with Crippen LogP contribution in [0.25, 0.3) is 0 Å². The summed E-state index contributed by atoms with van der Waals surface area (Å²) in [6.45, 7) is 0.313. The third kappa shape index (κ3) is 2.88. The SMILES string of the molecule is O=C(O)c1ccc(OCc2ccccc2Br)o1. The molecule has 0 radical (unpaired) electrons. The summed E-state index contributed by atoms with van der Waals surface area (Å²) in [5, 5.41) is 8.67. The van der Waals surface area contributed by atoms with Crippen molar-refractivity contribution in [3.8, 4) is 5.95 Å². The highest BCUT2D eigenvalue weighted by molar-refractivity contribution is 9.10. The van der Waals surface area contributed by atoms with Crippen LogP contribution >= 0.6 is 15.9 Å². The molecule has 88 valence electrons. The number of carboxylic acids is 1. The van der Waals surface area contributed by atoms with Crippen molar-refractivity contribution in [2.75, 3.05) is 0 Å². The highest BCUT2D eigenvalue weighted by Crippen LogP contribution is 2.20. The molecule has 1 aromatic heterocycles. The zero-order chi connectivity index (χ0) is 12.3. The lowest BCUT2D eigenvalue weighted by Crippen LogP contribution is -1.95. The van der Waals surface area contributed by atoms with Crippen LogP contribution in [0.2, 0.25) is 0 Å². The van der Waals surface area contributed by atoms with Crippen LogP contribution in [0.15, 0.2) is 45.3 Å². The molecule has 0 aliphatic rings. The van der Waals surface area contributed by atoms with E-state index in [0.29, 0.717) is 6.61 Å². The highest BCUT2D eigenvalue weighted by Gasteiger charge is 2.09. The molecule has 0 atom stereocenters. The van der Waals surface area contributed by atoms with E-state index in [1.54, 1.807) is 0 Å². The van der Waals surface area contributed by atoms with Gasteiger partial charge in [-0.15, -0.1) is 0 Å². The van der Waals surface area contributed by atoms with E-state index >= 15 is 0 Å². The summed E-state index contributed by atoms with van der Waals surface area (Å²) in [6.07, 6.45) is 0. The molecule has 0 aliphatic carbocycles. The molecule has 2 aromatic rings. The van der Waals surface area contributed by atoms with Gasteiger partial charge in [0.05, 0.1) is 0 Å². The predicted molar refractivity (Wildman–Crippen MR) is 64.1 cm³/mol. The standard InChI is InChI=1S/C12H9BrO4/c13-9-4-2-1-3-8(9)7-16-11-6-5-10(17-11)12(14)15/h1-6H,7H2,(H,14,15). The number of halogens is 1. The molecule has 17 heavy (non-hydrogen) atoms. The Kier molecular flexibility index (Phi) is 3.49. The van der Waals surface area contributed by atoms with Crippen LogP contribution in [0, 0.1) is 0 Å². The Hall–Kier alpha value is -1.75. The summed E-state index contributed by atoms with van der Waals surface area (Å²) >= 11 is 3.39. The van der Waals surface area contributed by atoms with Gasteiger partial charge >= 0.3 is 5.97 Å². The normalized spacial score (nSPS) is 10.2. The molecule has 4 nitrogen and oxygen atoms in total. The Morgan fingerprint density at radius 1 is 1.29 bits per heavy atom. The number of aromatic carboxylic acids is 1. The number of carbonyl (C=O) groups is 1. The number of hydrogen-bond donors (Lipinski definition) is 1. The molecule has 0 spiro atoms. The largest absolute Gasteiger partial charge is 0.475 e. The topological polar surface area (TPSA) is 59.7 Å². The summed E-state index contributed by atoms with van der Waals surface area (Å²) in [7, 11) is 0. The third-order valence-corrected chi connectivity index (χ3v) is 2.89. The lowest BCUT2D eigenvalue weighted by molar-refractivity contribution is 0.0652. The molecule has 2 rings (SSSR count). The van der Waals surface area contributed by atoms with Crippen molar-refractivity contribution in [1.82, 2.24) is 0 Å². The van der Waals surface area contributed by atoms with Crippen molar-refractivity contribution >= 4 is 21.9 Å². The van der Waals surface area contributed by atoms with Crippen LogP contribution in [0.5, 0.6) is 5.95 Å². The Morgan fingerprint density at radius 2 is 2.06 bits per heavy atom. The van der Waals surface area contributed by atoms with Gasteiger partial charge in [0.1, 0.15) is 6.61 Å². The maximum absolute atomic E-state index is 10.6. The molecule has 0 aliphatic heterocycles. The van der Waals surface area contributed by atoms with Gasteiger partial charge in [0.25, 0.3) is 5.95 Å². The van der Waals surface area contributed by atoms with E-state index in [2.05, 4.69) is 15.9 Å². The van der Waals surface area contributed by atoms with E-state index < -0.39 is 5.97 Å². The van der Waals surface area contributed by atoms with Gasteiger partial charge in [-0.25, -0.2) is 4.79 Å². The molecule has 1 aromatic carbocycles. The van der Waals surface area contributed by atoms with Crippen LogP contribution in [-0.2, 0) is 6.61 Å². The summed E-state index contributed by atoms with van der Waals surface area (Å²) in [4.78, 5) is 10.6. The second-order valence-corrected chi connectivity index (χ2v) is 4.16. The minimum atomic E-state index is -1.11. The maximum Gasteiger partial charge on any atom is 0.371 e. The molecule has 0 amide bonds. The van der Waals surface area contributed by atoms with Crippen molar-refractivity contribution in [3.05, 3.63) is 52.2 Å². The van der Waals surface area contributed by atoms with Crippen LogP contribution in [0.4, 0.5) is 0 Å². The van der Waals surface area contributed by atoms with Crippen molar-refractivity contribution < 1.29 is 19.1 Å². The van der Waals surface area contributed by atoms with Gasteiger partial charge in [-0.2, -0.15) is 0 Å². The zero-order valence-electron chi connectivity index (χ0n) is 8.72. The van der Waals surface area contributed by atoms with E-state index in [1.165, 1.54) is 12.1 Å². The first-order valence-electron chi connectivity index (χ1n) is 4.86. The van der Waals surface area contributed by atoms with Gasteiger partial charge in [0, 0.05) is 16.1 Å². The van der Waals surface area contributed by atoms with Crippen molar-refractivity contribution in [2.24, 2.45) is 0 Å². The van der Waals surface area contributed by atoms with Gasteiger partial charge in [0.2, 0.25) is 5.76 Å². The van der Waals surface area contributed by atoms with Gasteiger partial charge in [-0.1, -0.05) is 34.1 Å². The summed E-state index contributed by atoms with van der Waals surface area (Å²) in [6, 6.07) is 10.5. The fourth-order valence-electron chi connectivity index (χ4n) is 1.28. The van der Waals surface area contributed by atoms with Gasteiger partial charge in [0.15, 0.2) is 0 Å². The second-order valence-electron chi connectivity index (χ2n) is 3.30. The lowest BCUT2D eigenvalue weighted by Gasteiger charge is -2.04. The highest BCUT2D eigenvalue weighted by atomic mass is 79.9. The van der Waals surface area contributed by atoms with Crippen molar-refractivity contribution in [3.63, 3.8) is 0 Å². The molecule has 0 bridgehead atoms. The van der Waals surface area contributed by atoms with E-state index in [0.717, 1.165) is 10.0 Å². The van der Waals surface area contributed by atoms with Gasteiger partial charge in [-0.3, -0.25) is 0 Å². The predicted octanol–water partition coefficient (Wildman–Crippen LogP) is 3.32. The molecule has 5 heteroatoms. The number of rotatable bonds is 4. The average Bonchev–Trinajstić information content (AvgIpc) is 2.77. The van der Waals surface area contributed by atoms with Crippen molar-refractivity contribution in [1.29, 1.82) is 0 Å². The smallest absolute Gasteiger partial charge is 0.371 e. The van der Waals surface area contributed by atoms with E-state index in [9.17, 15) is 4.79 Å². The lowest BCUT2D eigenvalue weighted by atomic mass is 10.2. The fourth-order valence-corrected chi connectivity index (χ4v) is 1.68. The number of benzene rings is 1. The molecular weight excluding hydrogens is 288 g/mol. The number of carboxylic acid groups (broad SMARTS) is 1. The second kappa shape index (κ2) is 5.05. The number of ether oxygens (including phenoxy) is 1. The van der Waals surface area contributed by atoms with E-state index in [4.69, 9.17) is 14.3 Å². The van der Waals surface area contributed by atoms with E-state index in [1.807, 2.05) is 24.3 Å².